The molecule has 0 aliphatic heterocycles. The molecule has 0 fully saturated rings. The molecule has 190 valence electrons. The number of aryl methyl sites for hydroxylation is 2. The van der Waals surface area contributed by atoms with Crippen molar-refractivity contribution in [2.45, 2.75) is 13.2 Å². The van der Waals surface area contributed by atoms with Gasteiger partial charge in [-0.05, 0) is 23.8 Å². The number of hydrogen-bond donors (Lipinski definition) is 2. The Kier molecular flexibility index (Phi) is 7.49. The summed E-state index contributed by atoms with van der Waals surface area (Å²) in [5.41, 5.74) is 2.31. The molecule has 13 heteroatoms. The first kappa shape index (κ1) is 25.4. The summed E-state index contributed by atoms with van der Waals surface area (Å²) in [5, 5.41) is 24.6. The lowest BCUT2D eigenvalue weighted by atomic mass is 10.1. The first-order valence-electron chi connectivity index (χ1n) is 11.0. The van der Waals surface area contributed by atoms with E-state index in [-0.39, 0.29) is 35.2 Å². The van der Waals surface area contributed by atoms with Gasteiger partial charge in [0.05, 0.1) is 28.0 Å². The fourth-order valence-corrected chi connectivity index (χ4v) is 3.69. The molecule has 2 heterocycles. The molecule has 0 saturated carbocycles. The summed E-state index contributed by atoms with van der Waals surface area (Å²) < 4.78 is 8.66. The zero-order valence-corrected chi connectivity index (χ0v) is 20.6. The Balaban J connectivity index is 1.36. The Morgan fingerprint density at radius 1 is 1.05 bits per heavy atom. The third-order valence-electron chi connectivity index (χ3n) is 5.35. The molecule has 0 spiro atoms. The number of anilines is 1. The van der Waals surface area contributed by atoms with Crippen LogP contribution in [0.3, 0.4) is 0 Å². The summed E-state index contributed by atoms with van der Waals surface area (Å²) in [6.45, 7) is 0.420. The van der Waals surface area contributed by atoms with E-state index in [1.165, 1.54) is 29.1 Å². The lowest BCUT2D eigenvalue weighted by Crippen LogP contribution is -2.26. The number of hydrogen-bond acceptors (Lipinski definition) is 7. The van der Waals surface area contributed by atoms with Crippen molar-refractivity contribution in [3.8, 4) is 5.75 Å². The number of aromatic nitrogens is 4. The maximum absolute atomic E-state index is 12.8. The average molecular weight is 524 g/mol. The van der Waals surface area contributed by atoms with Crippen LogP contribution in [0.25, 0.3) is 0 Å². The number of nitro benzene ring substituents is 1. The molecule has 2 N–H and O–H groups in total. The van der Waals surface area contributed by atoms with E-state index in [1.54, 1.807) is 55.4 Å². The predicted octanol–water partition coefficient (Wildman–Crippen LogP) is 3.48. The Labute approximate surface area is 215 Å². The molecule has 0 aliphatic carbocycles. The third-order valence-corrected chi connectivity index (χ3v) is 5.65. The molecule has 0 saturated heterocycles. The molecule has 4 rings (SSSR count). The summed E-state index contributed by atoms with van der Waals surface area (Å²) in [7, 11) is 3.40. The normalized spacial score (nSPS) is 10.7. The quantitative estimate of drug-likeness (QED) is 0.252. The maximum Gasteiger partial charge on any atom is 0.271 e. The third kappa shape index (κ3) is 6.11. The standard InChI is InChI=1S/C24H22ClN7O5/c1-30-13-16(11-27-30)10-26-24(34)22-20(12-28-31(22)2)29-23(33)17-5-3-15(4-6-17)14-37-21-8-7-18(32(35)36)9-19(21)25/h3-9,11-13H,10,14H2,1-2H3,(H,26,34)(H,29,33). The molecule has 0 atom stereocenters. The second-order valence-corrected chi connectivity index (χ2v) is 8.45. The van der Waals surface area contributed by atoms with Crippen LogP contribution in [0.4, 0.5) is 11.4 Å². The number of non-ortho nitro benzene ring substituents is 1. The van der Waals surface area contributed by atoms with Crippen LogP contribution in [-0.2, 0) is 27.2 Å². The summed E-state index contributed by atoms with van der Waals surface area (Å²) in [5.74, 6) is -0.503. The largest absolute Gasteiger partial charge is 0.487 e. The highest BCUT2D eigenvalue weighted by Gasteiger charge is 2.19. The minimum absolute atomic E-state index is 0.127. The lowest BCUT2D eigenvalue weighted by molar-refractivity contribution is -0.384. The topological polar surface area (TPSA) is 146 Å². The Bertz CT molecular complexity index is 1460. The number of ether oxygens (including phenoxy) is 1. The number of carbonyl (C=O) groups excluding carboxylic acids is 2. The van der Waals surface area contributed by atoms with E-state index in [4.69, 9.17) is 16.3 Å². The fourth-order valence-electron chi connectivity index (χ4n) is 3.46. The van der Waals surface area contributed by atoms with Crippen molar-refractivity contribution in [3.63, 3.8) is 0 Å². The SMILES string of the molecule is Cn1cc(CNC(=O)c2c(NC(=O)c3ccc(COc4ccc([N+](=O)[O-])cc4Cl)cc3)cnn2C)cn1. The van der Waals surface area contributed by atoms with Gasteiger partial charge in [-0.15, -0.1) is 0 Å². The predicted molar refractivity (Wildman–Crippen MR) is 134 cm³/mol. The molecule has 0 radical (unpaired) electrons. The number of rotatable bonds is 9. The van der Waals surface area contributed by atoms with Gasteiger partial charge in [0.25, 0.3) is 17.5 Å². The number of halogens is 1. The number of nitrogens with one attached hydrogen (secondary N) is 2. The van der Waals surface area contributed by atoms with E-state index in [0.29, 0.717) is 11.3 Å². The second kappa shape index (κ2) is 10.9. The number of nitrogens with zero attached hydrogens (tertiary/aromatic N) is 5. The van der Waals surface area contributed by atoms with Crippen LogP contribution >= 0.6 is 11.6 Å². The van der Waals surface area contributed by atoms with Crippen LogP contribution in [0.2, 0.25) is 5.02 Å². The maximum atomic E-state index is 12.8. The molecule has 0 aliphatic rings. The fraction of sp³-hybridized carbons (Fsp3) is 0.167. The van der Waals surface area contributed by atoms with E-state index in [0.717, 1.165) is 11.1 Å². The highest BCUT2D eigenvalue weighted by molar-refractivity contribution is 6.32. The van der Waals surface area contributed by atoms with Crippen LogP contribution in [0.1, 0.15) is 32.0 Å². The van der Waals surface area contributed by atoms with Gasteiger partial charge in [0.2, 0.25) is 0 Å². The Morgan fingerprint density at radius 2 is 1.81 bits per heavy atom. The minimum atomic E-state index is -0.539. The van der Waals surface area contributed by atoms with Crippen LogP contribution in [0.5, 0.6) is 5.75 Å². The van der Waals surface area contributed by atoms with Crippen LogP contribution in [-0.4, -0.2) is 36.3 Å². The van der Waals surface area contributed by atoms with Crippen molar-refractivity contribution < 1.29 is 19.2 Å². The smallest absolute Gasteiger partial charge is 0.271 e. The Morgan fingerprint density at radius 3 is 2.46 bits per heavy atom. The van der Waals surface area contributed by atoms with E-state index in [1.807, 2.05) is 0 Å². The zero-order chi connectivity index (χ0) is 26.5. The number of amides is 2. The molecule has 0 unspecified atom stereocenters. The first-order chi connectivity index (χ1) is 17.7. The van der Waals surface area contributed by atoms with Crippen molar-refractivity contribution in [3.05, 3.63) is 98.6 Å². The van der Waals surface area contributed by atoms with E-state index in [9.17, 15) is 19.7 Å². The average Bonchev–Trinajstić information content (AvgIpc) is 3.46. The molecular weight excluding hydrogens is 502 g/mol. The van der Waals surface area contributed by atoms with Gasteiger partial charge < -0.3 is 15.4 Å². The monoisotopic (exact) mass is 523 g/mol. The molecule has 12 nitrogen and oxygen atoms in total. The van der Waals surface area contributed by atoms with Crippen molar-refractivity contribution >= 4 is 34.8 Å². The molecule has 2 aromatic heterocycles. The van der Waals surface area contributed by atoms with Gasteiger partial charge in [-0.1, -0.05) is 23.7 Å². The summed E-state index contributed by atoms with van der Waals surface area (Å²) >= 11 is 6.05. The molecule has 2 aromatic carbocycles. The lowest BCUT2D eigenvalue weighted by Gasteiger charge is -2.10. The number of benzene rings is 2. The van der Waals surface area contributed by atoms with Crippen LogP contribution < -0.4 is 15.4 Å². The van der Waals surface area contributed by atoms with Gasteiger partial charge in [0.1, 0.15) is 18.1 Å². The zero-order valence-electron chi connectivity index (χ0n) is 19.8. The van der Waals surface area contributed by atoms with E-state index in [2.05, 4.69) is 20.8 Å². The van der Waals surface area contributed by atoms with Gasteiger partial charge in [0.15, 0.2) is 0 Å². The molecular formula is C24H22ClN7O5. The van der Waals surface area contributed by atoms with E-state index < -0.39 is 16.7 Å². The highest BCUT2D eigenvalue weighted by atomic mass is 35.5. The first-order valence-corrected chi connectivity index (χ1v) is 11.3. The van der Waals surface area contributed by atoms with Crippen molar-refractivity contribution in [1.82, 2.24) is 24.9 Å². The van der Waals surface area contributed by atoms with Gasteiger partial charge in [-0.25, -0.2) is 0 Å². The Hall–Kier alpha value is -4.71. The number of nitro groups is 1. The second-order valence-electron chi connectivity index (χ2n) is 8.05. The van der Waals surface area contributed by atoms with Gasteiger partial charge in [-0.3, -0.25) is 29.1 Å². The van der Waals surface area contributed by atoms with Gasteiger partial charge >= 0.3 is 0 Å². The van der Waals surface area contributed by atoms with Crippen molar-refractivity contribution in [2.24, 2.45) is 14.1 Å². The molecule has 0 bridgehead atoms. The highest BCUT2D eigenvalue weighted by Crippen LogP contribution is 2.29. The summed E-state index contributed by atoms with van der Waals surface area (Å²) in [6.07, 6.45) is 4.86. The van der Waals surface area contributed by atoms with Crippen LogP contribution in [0, 0.1) is 10.1 Å². The molecule has 37 heavy (non-hydrogen) atoms. The van der Waals surface area contributed by atoms with Crippen molar-refractivity contribution in [1.29, 1.82) is 0 Å². The molecule has 2 amide bonds. The van der Waals surface area contributed by atoms with Crippen LogP contribution in [0.15, 0.2) is 61.1 Å². The molecule has 4 aromatic rings. The van der Waals surface area contributed by atoms with Gasteiger partial charge in [-0.2, -0.15) is 10.2 Å². The van der Waals surface area contributed by atoms with E-state index >= 15 is 0 Å². The van der Waals surface area contributed by atoms with Crippen molar-refractivity contribution in [2.75, 3.05) is 5.32 Å². The summed E-state index contributed by atoms with van der Waals surface area (Å²) in [6, 6.07) is 10.6. The minimum Gasteiger partial charge on any atom is -0.487 e. The van der Waals surface area contributed by atoms with Gasteiger partial charge in [0, 0.05) is 50.1 Å². The number of carbonyl (C=O) groups is 2. The summed E-state index contributed by atoms with van der Waals surface area (Å²) in [4.78, 5) is 35.8.